The Hall–Kier alpha value is -1.95. The summed E-state index contributed by atoms with van der Waals surface area (Å²) in [5, 5.41) is 3.91. The maximum absolute atomic E-state index is 12.6. The van der Waals surface area contributed by atoms with Gasteiger partial charge >= 0.3 is 0 Å². The fourth-order valence-corrected chi connectivity index (χ4v) is 3.09. The molecule has 1 aromatic heterocycles. The molecule has 0 fully saturated rings. The molecule has 1 aromatic carbocycles. The zero-order valence-electron chi connectivity index (χ0n) is 10.8. The van der Waals surface area contributed by atoms with Crippen molar-refractivity contribution in [3.8, 4) is 0 Å². The van der Waals surface area contributed by atoms with Crippen LogP contribution in [0.3, 0.4) is 0 Å². The number of hydrogen-bond donors (Lipinski definition) is 1. The van der Waals surface area contributed by atoms with E-state index in [4.69, 9.17) is 5.73 Å². The van der Waals surface area contributed by atoms with Crippen molar-refractivity contribution in [2.75, 3.05) is 10.6 Å². The summed E-state index contributed by atoms with van der Waals surface area (Å²) < 4.78 is 3.83. The summed E-state index contributed by atoms with van der Waals surface area (Å²) in [4.78, 5) is 15.0. The van der Waals surface area contributed by atoms with Gasteiger partial charge in [-0.1, -0.05) is 4.49 Å². The average Bonchev–Trinajstić information content (AvgIpc) is 2.90. The van der Waals surface area contributed by atoms with Crippen LogP contribution < -0.4 is 10.6 Å². The van der Waals surface area contributed by atoms with E-state index in [1.807, 2.05) is 30.0 Å². The fraction of sp³-hybridized carbons (Fsp3) is 0.308. The molecule has 3 rings (SSSR count). The van der Waals surface area contributed by atoms with Crippen LogP contribution >= 0.6 is 11.5 Å². The Bertz CT molecular complexity index is 652. The topological polar surface area (TPSA) is 72.1 Å². The molecule has 2 aromatic rings. The molecule has 1 aliphatic heterocycles. The third-order valence-electron chi connectivity index (χ3n) is 3.38. The van der Waals surface area contributed by atoms with Gasteiger partial charge in [-0.15, -0.1) is 5.10 Å². The lowest BCUT2D eigenvalue weighted by Gasteiger charge is -2.22. The Morgan fingerprint density at radius 2 is 2.32 bits per heavy atom. The van der Waals surface area contributed by atoms with E-state index in [0.717, 1.165) is 34.9 Å². The molecule has 0 radical (unpaired) electrons. The molecular weight excluding hydrogens is 260 g/mol. The molecule has 1 unspecified atom stereocenters. The second kappa shape index (κ2) is 4.31. The van der Waals surface area contributed by atoms with E-state index in [9.17, 15) is 4.79 Å². The summed E-state index contributed by atoms with van der Waals surface area (Å²) in [6.07, 6.45) is 0.831. The van der Waals surface area contributed by atoms with Gasteiger partial charge in [-0.3, -0.25) is 4.79 Å². The van der Waals surface area contributed by atoms with Crippen LogP contribution in [0.1, 0.15) is 27.9 Å². The van der Waals surface area contributed by atoms with Crippen LogP contribution in [0.4, 0.5) is 11.4 Å². The molecule has 5 nitrogen and oxygen atoms in total. The minimum Gasteiger partial charge on any atom is -0.399 e. The first kappa shape index (κ1) is 12.1. The van der Waals surface area contributed by atoms with Gasteiger partial charge in [-0.05, 0) is 55.6 Å². The third kappa shape index (κ3) is 1.88. The minimum absolute atomic E-state index is 0.0245. The predicted octanol–water partition coefficient (Wildman–Crippen LogP) is 2.02. The van der Waals surface area contributed by atoms with Crippen molar-refractivity contribution in [1.82, 2.24) is 9.59 Å². The lowest BCUT2D eigenvalue weighted by atomic mass is 10.1. The van der Waals surface area contributed by atoms with Crippen LogP contribution in [0.25, 0.3) is 0 Å². The van der Waals surface area contributed by atoms with Crippen molar-refractivity contribution in [2.45, 2.75) is 26.3 Å². The van der Waals surface area contributed by atoms with Crippen molar-refractivity contribution in [3.63, 3.8) is 0 Å². The number of aromatic nitrogens is 2. The number of carbonyl (C=O) groups excluding carboxylic acids is 1. The first-order valence-electron chi connectivity index (χ1n) is 6.09. The predicted molar refractivity (Wildman–Crippen MR) is 75.5 cm³/mol. The third-order valence-corrected chi connectivity index (χ3v) is 4.20. The average molecular weight is 274 g/mol. The molecule has 98 valence electrons. The number of carbonyl (C=O) groups is 1. The fourth-order valence-electron chi connectivity index (χ4n) is 2.50. The number of nitrogens with zero attached hydrogens (tertiary/aromatic N) is 3. The van der Waals surface area contributed by atoms with Crippen LogP contribution in [0.15, 0.2) is 18.2 Å². The van der Waals surface area contributed by atoms with Gasteiger partial charge in [0.2, 0.25) is 0 Å². The molecule has 1 amide bonds. The highest BCUT2D eigenvalue weighted by atomic mass is 32.1. The molecule has 2 heterocycles. The van der Waals surface area contributed by atoms with E-state index in [2.05, 4.69) is 9.59 Å². The number of aryl methyl sites for hydroxylation is 1. The molecular formula is C13H14N4OS. The van der Waals surface area contributed by atoms with Crippen LogP contribution in [0.5, 0.6) is 0 Å². The summed E-state index contributed by atoms with van der Waals surface area (Å²) in [6, 6.07) is 5.81. The highest BCUT2D eigenvalue weighted by Gasteiger charge is 2.33. The summed E-state index contributed by atoms with van der Waals surface area (Å²) in [5.41, 5.74) is 9.28. The molecule has 0 saturated carbocycles. The van der Waals surface area contributed by atoms with E-state index < -0.39 is 0 Å². The van der Waals surface area contributed by atoms with Crippen molar-refractivity contribution in [2.24, 2.45) is 0 Å². The number of amides is 1. The van der Waals surface area contributed by atoms with Gasteiger partial charge in [-0.2, -0.15) is 0 Å². The second-order valence-corrected chi connectivity index (χ2v) is 5.56. The van der Waals surface area contributed by atoms with Crippen molar-refractivity contribution >= 4 is 28.8 Å². The van der Waals surface area contributed by atoms with Crippen molar-refractivity contribution < 1.29 is 4.79 Å². The molecule has 0 saturated heterocycles. The Balaban J connectivity index is 2.03. The molecule has 1 aliphatic rings. The minimum atomic E-state index is -0.0245. The first-order chi connectivity index (χ1) is 9.08. The standard InChI is InChI=1S/C13H14N4OS/c1-7-5-9-6-10(14)3-4-11(9)17(7)13(18)12-8(2)15-16-19-12/h3-4,6-7H,5,14H2,1-2H3. The number of fused-ring (bicyclic) bond motifs is 1. The zero-order chi connectivity index (χ0) is 13.6. The number of nitrogen functional groups attached to an aromatic ring is 1. The van der Waals surface area contributed by atoms with E-state index in [0.29, 0.717) is 10.6 Å². The molecule has 6 heteroatoms. The van der Waals surface area contributed by atoms with Gasteiger partial charge in [0.1, 0.15) is 4.88 Å². The van der Waals surface area contributed by atoms with E-state index >= 15 is 0 Å². The Morgan fingerprint density at radius 3 is 3.00 bits per heavy atom. The number of benzene rings is 1. The van der Waals surface area contributed by atoms with Crippen LogP contribution in [-0.4, -0.2) is 21.5 Å². The quantitative estimate of drug-likeness (QED) is 0.807. The molecule has 2 N–H and O–H groups in total. The highest BCUT2D eigenvalue weighted by molar-refractivity contribution is 7.08. The molecule has 19 heavy (non-hydrogen) atoms. The van der Waals surface area contributed by atoms with Crippen molar-refractivity contribution in [3.05, 3.63) is 34.3 Å². The maximum Gasteiger partial charge on any atom is 0.272 e. The van der Waals surface area contributed by atoms with Crippen LogP contribution in [-0.2, 0) is 6.42 Å². The van der Waals surface area contributed by atoms with Crippen LogP contribution in [0.2, 0.25) is 0 Å². The Labute approximate surface area is 115 Å². The Morgan fingerprint density at radius 1 is 1.53 bits per heavy atom. The van der Waals surface area contributed by atoms with E-state index in [1.54, 1.807) is 6.92 Å². The summed E-state index contributed by atoms with van der Waals surface area (Å²) in [5.74, 6) is -0.0245. The monoisotopic (exact) mass is 274 g/mol. The highest BCUT2D eigenvalue weighted by Crippen LogP contribution is 2.35. The lowest BCUT2D eigenvalue weighted by Crippen LogP contribution is -2.35. The van der Waals surface area contributed by atoms with Gasteiger partial charge in [0.15, 0.2) is 0 Å². The normalized spacial score (nSPS) is 17.6. The number of rotatable bonds is 1. The first-order valence-corrected chi connectivity index (χ1v) is 6.86. The molecule has 0 bridgehead atoms. The molecule has 0 aliphatic carbocycles. The number of nitrogens with two attached hydrogens (primary N) is 1. The van der Waals surface area contributed by atoms with Gasteiger partial charge in [0.05, 0.1) is 5.69 Å². The second-order valence-electron chi connectivity index (χ2n) is 4.80. The largest absolute Gasteiger partial charge is 0.399 e. The number of hydrogen-bond acceptors (Lipinski definition) is 5. The van der Waals surface area contributed by atoms with Gasteiger partial charge in [0.25, 0.3) is 5.91 Å². The number of anilines is 2. The molecule has 0 spiro atoms. The SMILES string of the molecule is Cc1nnsc1C(=O)N1c2ccc(N)cc2CC1C. The smallest absolute Gasteiger partial charge is 0.272 e. The Kier molecular flexibility index (Phi) is 2.74. The van der Waals surface area contributed by atoms with Gasteiger partial charge in [0, 0.05) is 17.4 Å². The van der Waals surface area contributed by atoms with Gasteiger partial charge in [-0.25, -0.2) is 0 Å². The summed E-state index contributed by atoms with van der Waals surface area (Å²) in [7, 11) is 0. The van der Waals surface area contributed by atoms with Crippen molar-refractivity contribution in [1.29, 1.82) is 0 Å². The van der Waals surface area contributed by atoms with E-state index in [1.165, 1.54) is 0 Å². The van der Waals surface area contributed by atoms with Crippen LogP contribution in [0, 0.1) is 6.92 Å². The lowest BCUT2D eigenvalue weighted by molar-refractivity contribution is 0.0984. The summed E-state index contributed by atoms with van der Waals surface area (Å²) in [6.45, 7) is 3.85. The maximum atomic E-state index is 12.6. The molecule has 1 atom stereocenters. The summed E-state index contributed by atoms with van der Waals surface area (Å²) >= 11 is 1.15. The zero-order valence-corrected chi connectivity index (χ0v) is 11.6. The van der Waals surface area contributed by atoms with E-state index in [-0.39, 0.29) is 11.9 Å². The van der Waals surface area contributed by atoms with Gasteiger partial charge < -0.3 is 10.6 Å².